The van der Waals surface area contributed by atoms with Crippen molar-refractivity contribution in [1.82, 2.24) is 9.62 Å². The van der Waals surface area contributed by atoms with Crippen LogP contribution in [0.3, 0.4) is 0 Å². The summed E-state index contributed by atoms with van der Waals surface area (Å²) in [7, 11) is -4.25. The van der Waals surface area contributed by atoms with Crippen LogP contribution in [-0.4, -0.2) is 30.6 Å². The molecule has 4 aromatic rings. The van der Waals surface area contributed by atoms with Crippen molar-refractivity contribution in [1.29, 1.82) is 0 Å². The summed E-state index contributed by atoms with van der Waals surface area (Å²) in [6.45, 7) is 0. The number of nitrogens with two attached hydrogens (primary N) is 1. The topological polar surface area (TPSA) is 110 Å². The second kappa shape index (κ2) is 13.7. The second-order valence-corrected chi connectivity index (χ2v) is 14.0. The third kappa shape index (κ3) is 7.08. The molecule has 7 nitrogen and oxygen atoms in total. The van der Waals surface area contributed by atoms with Crippen LogP contribution in [0.1, 0.15) is 35.2 Å². The van der Waals surface area contributed by atoms with Crippen molar-refractivity contribution in [2.75, 3.05) is 0 Å². The minimum atomic E-state index is -4.25. The first-order valence-electron chi connectivity index (χ1n) is 13.7. The molecule has 226 valence electrons. The summed E-state index contributed by atoms with van der Waals surface area (Å²) in [6.07, 6.45) is 2.04. The molecule has 11 heteroatoms. The van der Waals surface area contributed by atoms with Crippen molar-refractivity contribution >= 4 is 61.0 Å². The number of halogens is 3. The van der Waals surface area contributed by atoms with E-state index in [4.69, 9.17) is 28.9 Å². The zero-order valence-electron chi connectivity index (χ0n) is 23.2. The zero-order chi connectivity index (χ0) is 31.4. The number of hydrogen-bond donors (Lipinski definition) is 2. The fourth-order valence-corrected chi connectivity index (χ4v) is 7.78. The van der Waals surface area contributed by atoms with Crippen molar-refractivity contribution in [2.24, 2.45) is 5.73 Å². The molecule has 0 radical (unpaired) electrons. The molecule has 0 saturated carbocycles. The number of sulfonamides is 1. The van der Waals surface area contributed by atoms with Crippen LogP contribution in [0.4, 0.5) is 0 Å². The van der Waals surface area contributed by atoms with Gasteiger partial charge in [-0.15, -0.1) is 0 Å². The smallest absolute Gasteiger partial charge is 0.249 e. The number of nitrogens with one attached hydrogen (secondary N) is 1. The molecule has 1 aliphatic heterocycles. The summed E-state index contributed by atoms with van der Waals surface area (Å²) in [4.78, 5) is 26.6. The largest absolute Gasteiger partial charge is 0.368 e. The van der Waals surface area contributed by atoms with Crippen molar-refractivity contribution in [2.45, 2.75) is 35.9 Å². The number of hydrogen-bond acceptors (Lipinski definition) is 4. The van der Waals surface area contributed by atoms with Crippen molar-refractivity contribution < 1.29 is 18.0 Å². The van der Waals surface area contributed by atoms with Crippen LogP contribution in [0.25, 0.3) is 0 Å². The third-order valence-corrected chi connectivity index (χ3v) is 10.3. The van der Waals surface area contributed by atoms with Crippen LogP contribution >= 0.6 is 39.1 Å². The Labute approximate surface area is 274 Å². The third-order valence-electron chi connectivity index (χ3n) is 7.40. The van der Waals surface area contributed by atoms with E-state index in [1.165, 1.54) is 16.4 Å². The first-order valence-corrected chi connectivity index (χ1v) is 16.7. The van der Waals surface area contributed by atoms with E-state index in [0.29, 0.717) is 25.6 Å². The number of carbonyl (C=O) groups is 2. The fraction of sp³-hybridized carbons (Fsp3) is 0.152. The monoisotopic (exact) mass is 711 g/mol. The number of rotatable bonds is 9. The molecule has 0 fully saturated rings. The van der Waals surface area contributed by atoms with Crippen LogP contribution < -0.4 is 11.1 Å². The first kappa shape index (κ1) is 31.9. The number of primary amides is 1. The van der Waals surface area contributed by atoms with E-state index >= 15 is 0 Å². The number of nitrogens with zero attached hydrogens (tertiary/aromatic N) is 1. The van der Waals surface area contributed by atoms with Crippen molar-refractivity contribution in [3.8, 4) is 0 Å². The number of carbonyl (C=O) groups excluding carboxylic acids is 2. The minimum Gasteiger partial charge on any atom is -0.368 e. The van der Waals surface area contributed by atoms with Crippen LogP contribution in [0, 0.1) is 0 Å². The summed E-state index contributed by atoms with van der Waals surface area (Å²) >= 11 is 16.1. The lowest BCUT2D eigenvalue weighted by Gasteiger charge is -2.41. The molecule has 0 bridgehead atoms. The molecule has 1 aliphatic rings. The molecule has 0 aliphatic carbocycles. The number of benzene rings is 4. The molecule has 44 heavy (non-hydrogen) atoms. The Balaban J connectivity index is 1.65. The van der Waals surface area contributed by atoms with Gasteiger partial charge in [-0.1, -0.05) is 99.8 Å². The van der Waals surface area contributed by atoms with E-state index in [2.05, 4.69) is 21.2 Å². The minimum absolute atomic E-state index is 0.0421. The first-order chi connectivity index (χ1) is 21.0. The van der Waals surface area contributed by atoms with Gasteiger partial charge in [-0.2, -0.15) is 4.31 Å². The Morgan fingerprint density at radius 3 is 2.11 bits per heavy atom. The van der Waals surface area contributed by atoms with E-state index in [0.717, 1.165) is 5.56 Å². The summed E-state index contributed by atoms with van der Waals surface area (Å²) < 4.78 is 31.2. The molecule has 3 N–H and O–H groups in total. The lowest BCUT2D eigenvalue weighted by atomic mass is 9.88. The van der Waals surface area contributed by atoms with Gasteiger partial charge in [0.15, 0.2) is 0 Å². The van der Waals surface area contributed by atoms with Gasteiger partial charge in [0.1, 0.15) is 6.04 Å². The summed E-state index contributed by atoms with van der Waals surface area (Å²) in [6, 6.07) is 26.3. The van der Waals surface area contributed by atoms with Gasteiger partial charge in [-0.25, -0.2) is 8.42 Å². The normalized spacial score (nSPS) is 17.8. The molecule has 3 atom stereocenters. The van der Waals surface area contributed by atoms with E-state index < -0.39 is 40.0 Å². The van der Waals surface area contributed by atoms with Crippen LogP contribution in [0.15, 0.2) is 124 Å². The van der Waals surface area contributed by atoms with Gasteiger partial charge in [-0.3, -0.25) is 9.59 Å². The maximum absolute atomic E-state index is 14.6. The van der Waals surface area contributed by atoms with Gasteiger partial charge in [0.25, 0.3) is 0 Å². The summed E-state index contributed by atoms with van der Waals surface area (Å²) in [5, 5.41) is 3.58. The predicted octanol–water partition coefficient (Wildman–Crippen LogP) is 6.77. The Bertz CT molecular complexity index is 1820. The average Bonchev–Trinajstić information content (AvgIpc) is 3.00. The van der Waals surface area contributed by atoms with Crippen LogP contribution in [0.5, 0.6) is 0 Å². The Hall–Kier alpha value is -3.47. The molecule has 5 rings (SSSR count). The molecule has 4 aromatic carbocycles. The van der Waals surface area contributed by atoms with Gasteiger partial charge >= 0.3 is 0 Å². The number of amides is 2. The van der Waals surface area contributed by atoms with Crippen LogP contribution in [-0.2, 0) is 26.0 Å². The molecule has 2 amide bonds. The molecular formula is C33H28BrCl2N3O4S. The van der Waals surface area contributed by atoms with Gasteiger partial charge in [0.2, 0.25) is 21.8 Å². The highest BCUT2D eigenvalue weighted by molar-refractivity contribution is 9.10. The van der Waals surface area contributed by atoms with E-state index in [1.54, 1.807) is 66.7 Å². The van der Waals surface area contributed by atoms with E-state index in [-0.39, 0.29) is 23.3 Å². The van der Waals surface area contributed by atoms with Crippen LogP contribution in [0.2, 0.25) is 10.0 Å². The predicted molar refractivity (Wildman–Crippen MR) is 176 cm³/mol. The quantitative estimate of drug-likeness (QED) is 0.200. The Kier molecular flexibility index (Phi) is 9.92. The van der Waals surface area contributed by atoms with Crippen molar-refractivity contribution in [3.63, 3.8) is 0 Å². The lowest BCUT2D eigenvalue weighted by Crippen LogP contribution is -2.49. The standard InChI is InChI=1S/C33H28BrCl2N3O4S/c34-24-12-14-27(15-13-24)44(42,43)39-30(22-8-4-10-25(35)19-22)17-16-28(31(39)23-9-5-11-26(36)20-23)33(41)38-29(32(37)40)18-21-6-2-1-3-7-21/h1-16,19-20,29-31H,17-18H2,(H2,37,40)(H,38,41)/t29-,30-,31-/m0/s1. The Morgan fingerprint density at radius 2 is 1.50 bits per heavy atom. The van der Waals surface area contributed by atoms with E-state index in [1.807, 2.05) is 30.3 Å². The second-order valence-electron chi connectivity index (χ2n) is 10.3. The fourth-order valence-electron chi connectivity index (χ4n) is 5.34. The van der Waals surface area contributed by atoms with Gasteiger partial charge in [0, 0.05) is 26.5 Å². The van der Waals surface area contributed by atoms with Crippen molar-refractivity contribution in [3.05, 3.63) is 146 Å². The summed E-state index contributed by atoms with van der Waals surface area (Å²) in [5.74, 6) is -1.33. The highest BCUT2D eigenvalue weighted by Gasteiger charge is 2.45. The SMILES string of the molecule is NC(=O)[C@H](Cc1ccccc1)NC(=O)C1=CC[C@@H](c2cccc(Cl)c2)N(S(=O)(=O)c2ccc(Br)cc2)[C@H]1c1cccc(Cl)c1. The van der Waals surface area contributed by atoms with Gasteiger partial charge in [-0.05, 0) is 71.6 Å². The highest BCUT2D eigenvalue weighted by Crippen LogP contribution is 2.46. The van der Waals surface area contributed by atoms with Gasteiger partial charge in [0.05, 0.1) is 17.0 Å². The average molecular weight is 713 g/mol. The Morgan fingerprint density at radius 1 is 0.886 bits per heavy atom. The lowest BCUT2D eigenvalue weighted by molar-refractivity contribution is -0.125. The molecule has 0 unspecified atom stereocenters. The maximum atomic E-state index is 14.6. The zero-order valence-corrected chi connectivity index (χ0v) is 27.2. The molecule has 0 saturated heterocycles. The molecular weight excluding hydrogens is 685 g/mol. The highest BCUT2D eigenvalue weighted by atomic mass is 79.9. The summed E-state index contributed by atoms with van der Waals surface area (Å²) in [5.41, 5.74) is 7.79. The molecule has 1 heterocycles. The molecule has 0 spiro atoms. The van der Waals surface area contributed by atoms with E-state index in [9.17, 15) is 18.0 Å². The maximum Gasteiger partial charge on any atom is 0.249 e. The van der Waals surface area contributed by atoms with Gasteiger partial charge < -0.3 is 11.1 Å². The molecule has 0 aromatic heterocycles.